The molecule has 1 amide bonds. The summed E-state index contributed by atoms with van der Waals surface area (Å²) in [7, 11) is 1.59. The summed E-state index contributed by atoms with van der Waals surface area (Å²) in [6, 6.07) is 21.6. The van der Waals surface area contributed by atoms with Gasteiger partial charge < -0.3 is 19.5 Å². The molecule has 0 aliphatic heterocycles. The number of carbonyl (C=O) groups is 1. The summed E-state index contributed by atoms with van der Waals surface area (Å²) in [5.41, 5.74) is 1.81. The second-order valence-corrected chi connectivity index (χ2v) is 9.79. The lowest BCUT2D eigenvalue weighted by Crippen LogP contribution is -2.29. The zero-order chi connectivity index (χ0) is 31.5. The number of hydrogen-bond acceptors (Lipinski definition) is 6. The van der Waals surface area contributed by atoms with Gasteiger partial charge in [-0.25, -0.2) is 13.3 Å². The van der Waals surface area contributed by atoms with Crippen molar-refractivity contribution in [1.29, 1.82) is 0 Å². The summed E-state index contributed by atoms with van der Waals surface area (Å²) in [5.74, 6) is -0.973. The van der Waals surface area contributed by atoms with E-state index in [0.29, 0.717) is 22.7 Å². The highest BCUT2D eigenvalue weighted by molar-refractivity contribution is 6.06. The first-order valence-electron chi connectivity index (χ1n) is 13.9. The number of fused-ring (bicyclic) bond motifs is 1. The Morgan fingerprint density at radius 2 is 1.67 bits per heavy atom. The van der Waals surface area contributed by atoms with E-state index in [1.54, 1.807) is 37.0 Å². The third kappa shape index (κ3) is 5.83. The number of halogens is 2. The van der Waals surface area contributed by atoms with Gasteiger partial charge in [-0.05, 0) is 73.2 Å². The topological polar surface area (TPSA) is 96.1 Å². The van der Waals surface area contributed by atoms with Crippen LogP contribution in [0.15, 0.2) is 108 Å². The van der Waals surface area contributed by atoms with Crippen LogP contribution in [0.1, 0.15) is 17.3 Å². The second kappa shape index (κ2) is 12.3. The summed E-state index contributed by atoms with van der Waals surface area (Å²) in [6.07, 6.45) is 4.76. The van der Waals surface area contributed by atoms with Crippen LogP contribution in [0.2, 0.25) is 0 Å². The van der Waals surface area contributed by atoms with Gasteiger partial charge in [0.25, 0.3) is 11.5 Å². The molecule has 45 heavy (non-hydrogen) atoms. The lowest BCUT2D eigenvalue weighted by atomic mass is 10.1. The van der Waals surface area contributed by atoms with Gasteiger partial charge in [0.15, 0.2) is 17.3 Å². The van der Waals surface area contributed by atoms with Crippen molar-refractivity contribution in [3.63, 3.8) is 0 Å². The van der Waals surface area contributed by atoms with Crippen molar-refractivity contribution < 1.29 is 27.8 Å². The Morgan fingerprint density at radius 3 is 2.38 bits per heavy atom. The van der Waals surface area contributed by atoms with E-state index < -0.39 is 23.1 Å². The number of aromatic nitrogens is 3. The molecule has 9 nitrogen and oxygen atoms in total. The Bertz CT molecular complexity index is 2070. The Hall–Kier alpha value is -5.97. The molecular weight excluding hydrogens is 582 g/mol. The maximum Gasteiger partial charge on any atom is 0.271 e. The fourth-order valence-corrected chi connectivity index (χ4v) is 4.88. The van der Waals surface area contributed by atoms with E-state index >= 15 is 4.39 Å². The predicted molar refractivity (Wildman–Crippen MR) is 165 cm³/mol. The van der Waals surface area contributed by atoms with Crippen LogP contribution in [0, 0.1) is 11.6 Å². The monoisotopic (exact) mass is 608 g/mol. The number of hydrogen-bond donors (Lipinski definition) is 1. The van der Waals surface area contributed by atoms with Crippen LogP contribution in [0.4, 0.5) is 14.5 Å². The number of anilines is 1. The quantitative estimate of drug-likeness (QED) is 0.192. The van der Waals surface area contributed by atoms with Crippen LogP contribution >= 0.6 is 0 Å². The average Bonchev–Trinajstić information content (AvgIpc) is 3.48. The van der Waals surface area contributed by atoms with Gasteiger partial charge in [0.1, 0.15) is 28.4 Å². The van der Waals surface area contributed by atoms with Crippen molar-refractivity contribution in [3.05, 3.63) is 131 Å². The Kier molecular flexibility index (Phi) is 7.98. The van der Waals surface area contributed by atoms with Crippen LogP contribution in [-0.2, 0) is 0 Å². The van der Waals surface area contributed by atoms with Crippen molar-refractivity contribution in [2.45, 2.75) is 6.92 Å². The van der Waals surface area contributed by atoms with E-state index in [4.69, 9.17) is 14.2 Å². The highest BCUT2D eigenvalue weighted by Crippen LogP contribution is 2.36. The standard InChI is InChI=1S/C34H26F2N4O5/c1-3-44-29-16-18-39(24-9-6-22(35)7-10-24)34(42)31(29)33(41)38-23-8-13-28(27(36)20-23)45-30-14-17-37-40-19-15-26(32(30)40)21-4-11-25(43-2)12-5-21/h4-20H,3H2,1-2H3,(H,38,41). The number of methoxy groups -OCH3 is 1. The molecule has 0 spiro atoms. The van der Waals surface area contributed by atoms with Crippen LogP contribution in [-0.4, -0.2) is 33.8 Å². The Balaban J connectivity index is 1.28. The second-order valence-electron chi connectivity index (χ2n) is 9.79. The molecule has 6 rings (SSSR count). The smallest absolute Gasteiger partial charge is 0.271 e. The molecule has 6 aromatic rings. The molecule has 0 fully saturated rings. The van der Waals surface area contributed by atoms with Crippen molar-refractivity contribution in [1.82, 2.24) is 14.2 Å². The first kappa shape index (κ1) is 29.1. The lowest BCUT2D eigenvalue weighted by Gasteiger charge is -2.14. The molecule has 3 aromatic carbocycles. The van der Waals surface area contributed by atoms with Gasteiger partial charge in [0, 0.05) is 41.5 Å². The number of pyridine rings is 1. The normalized spacial score (nSPS) is 10.9. The van der Waals surface area contributed by atoms with Crippen molar-refractivity contribution >= 4 is 17.1 Å². The summed E-state index contributed by atoms with van der Waals surface area (Å²) >= 11 is 0. The molecule has 3 aromatic heterocycles. The molecule has 0 aliphatic carbocycles. The average molecular weight is 609 g/mol. The summed E-state index contributed by atoms with van der Waals surface area (Å²) in [6.45, 7) is 1.91. The number of carbonyl (C=O) groups excluding carboxylic acids is 1. The highest BCUT2D eigenvalue weighted by atomic mass is 19.1. The van der Waals surface area contributed by atoms with Crippen molar-refractivity contribution in [2.24, 2.45) is 0 Å². The number of nitrogens with one attached hydrogen (secondary N) is 1. The fourth-order valence-electron chi connectivity index (χ4n) is 4.88. The van der Waals surface area contributed by atoms with E-state index in [1.807, 2.05) is 30.3 Å². The molecule has 226 valence electrons. The van der Waals surface area contributed by atoms with E-state index in [-0.39, 0.29) is 29.4 Å². The Morgan fingerprint density at radius 1 is 0.889 bits per heavy atom. The molecule has 0 bridgehead atoms. The zero-order valence-electron chi connectivity index (χ0n) is 24.2. The summed E-state index contributed by atoms with van der Waals surface area (Å²) < 4.78 is 48.5. The van der Waals surface area contributed by atoms with Gasteiger partial charge in [-0.2, -0.15) is 5.10 Å². The molecule has 0 atom stereocenters. The van der Waals surface area contributed by atoms with Gasteiger partial charge in [-0.3, -0.25) is 14.2 Å². The van der Waals surface area contributed by atoms with Crippen LogP contribution in [0.25, 0.3) is 22.3 Å². The predicted octanol–water partition coefficient (Wildman–Crippen LogP) is 6.88. The van der Waals surface area contributed by atoms with Crippen LogP contribution in [0.3, 0.4) is 0 Å². The van der Waals surface area contributed by atoms with E-state index in [9.17, 15) is 14.0 Å². The van der Waals surface area contributed by atoms with Gasteiger partial charge in [0.05, 0.1) is 19.9 Å². The molecular formula is C34H26F2N4O5. The van der Waals surface area contributed by atoms with Crippen molar-refractivity contribution in [2.75, 3.05) is 19.0 Å². The van der Waals surface area contributed by atoms with Gasteiger partial charge in [-0.1, -0.05) is 12.1 Å². The fraction of sp³-hybridized carbons (Fsp3) is 0.0882. The number of nitrogens with zero attached hydrogens (tertiary/aromatic N) is 3. The summed E-state index contributed by atoms with van der Waals surface area (Å²) in [5, 5.41) is 6.91. The molecule has 0 saturated carbocycles. The van der Waals surface area contributed by atoms with Crippen LogP contribution < -0.4 is 25.1 Å². The third-order valence-corrected chi connectivity index (χ3v) is 7.01. The molecule has 0 radical (unpaired) electrons. The number of ether oxygens (including phenoxy) is 3. The van der Waals surface area contributed by atoms with E-state index in [1.165, 1.54) is 53.2 Å². The highest BCUT2D eigenvalue weighted by Gasteiger charge is 2.21. The minimum atomic E-state index is -0.804. The minimum Gasteiger partial charge on any atom is -0.497 e. The van der Waals surface area contributed by atoms with Crippen molar-refractivity contribution in [3.8, 4) is 39.8 Å². The van der Waals surface area contributed by atoms with Gasteiger partial charge in [0.2, 0.25) is 0 Å². The third-order valence-electron chi connectivity index (χ3n) is 7.01. The first-order chi connectivity index (χ1) is 21.9. The lowest BCUT2D eigenvalue weighted by molar-refractivity contribution is 0.102. The van der Waals surface area contributed by atoms with E-state index in [0.717, 1.165) is 17.2 Å². The van der Waals surface area contributed by atoms with Crippen LogP contribution in [0.5, 0.6) is 23.0 Å². The first-order valence-corrected chi connectivity index (χ1v) is 13.9. The number of benzene rings is 3. The molecule has 0 unspecified atom stereocenters. The number of amides is 1. The molecule has 3 heterocycles. The van der Waals surface area contributed by atoms with Gasteiger partial charge in [-0.15, -0.1) is 0 Å². The maximum absolute atomic E-state index is 15.4. The molecule has 0 aliphatic rings. The maximum atomic E-state index is 15.4. The Labute approximate surface area is 255 Å². The summed E-state index contributed by atoms with van der Waals surface area (Å²) in [4.78, 5) is 26.7. The van der Waals surface area contributed by atoms with Gasteiger partial charge >= 0.3 is 0 Å². The zero-order valence-corrected chi connectivity index (χ0v) is 24.2. The number of rotatable bonds is 9. The molecule has 1 N–H and O–H groups in total. The molecule has 0 saturated heterocycles. The minimum absolute atomic E-state index is 0.0559. The van der Waals surface area contributed by atoms with E-state index in [2.05, 4.69) is 10.4 Å². The SMILES string of the molecule is CCOc1ccn(-c2ccc(F)cc2)c(=O)c1C(=O)Nc1ccc(Oc2ccnn3ccc(-c4ccc(OC)cc4)c23)c(F)c1. The molecule has 11 heteroatoms. The largest absolute Gasteiger partial charge is 0.497 e.